The van der Waals surface area contributed by atoms with Crippen molar-refractivity contribution in [3.05, 3.63) is 35.9 Å². The highest BCUT2D eigenvalue weighted by atomic mass is 32.2. The van der Waals surface area contributed by atoms with Crippen molar-refractivity contribution < 1.29 is 37.0 Å². The number of nitrogens with zero attached hydrogens (tertiary/aromatic N) is 2. The molecule has 49 heavy (non-hydrogen) atoms. The lowest BCUT2D eigenvalue weighted by Gasteiger charge is -2.27. The number of nitrogens with one attached hydrogen (secondary N) is 1. The van der Waals surface area contributed by atoms with Gasteiger partial charge in [0.25, 0.3) is 0 Å². The first kappa shape index (κ1) is 35.1. The van der Waals surface area contributed by atoms with Gasteiger partial charge in [0.05, 0.1) is 48.0 Å². The topological polar surface area (TPSA) is 167 Å². The average molecular weight is 697 g/mol. The van der Waals surface area contributed by atoms with E-state index in [0.717, 1.165) is 36.6 Å². The number of carbonyl (C=O) groups excluding carboxylic acids is 3. The van der Waals surface area contributed by atoms with Gasteiger partial charge in [0.15, 0.2) is 5.78 Å². The quantitative estimate of drug-likeness (QED) is 0.384. The predicted molar refractivity (Wildman–Crippen MR) is 184 cm³/mol. The van der Waals surface area contributed by atoms with Gasteiger partial charge in [0.2, 0.25) is 27.7 Å². The molecule has 0 spiro atoms. The summed E-state index contributed by atoms with van der Waals surface area (Å²) >= 11 is 0. The number of pyridine rings is 1. The van der Waals surface area contributed by atoms with E-state index in [9.17, 15) is 22.8 Å². The number of amides is 2. The molecule has 2 amide bonds. The van der Waals surface area contributed by atoms with E-state index in [4.69, 9.17) is 19.9 Å². The Morgan fingerprint density at radius 1 is 1.16 bits per heavy atom. The van der Waals surface area contributed by atoms with E-state index < -0.39 is 44.3 Å². The van der Waals surface area contributed by atoms with E-state index in [1.807, 2.05) is 38.1 Å². The molecule has 6 rings (SSSR count). The fourth-order valence-corrected chi connectivity index (χ4v) is 8.59. The van der Waals surface area contributed by atoms with Crippen LogP contribution in [0.4, 0.5) is 0 Å². The molecule has 1 saturated heterocycles. The standard InChI is InChI=1S/C36H48N4O8S/c1-5-47-31-18-30(25-13-14-29(46-4)22(2)32(25)38-31)48-24-17-27-28(41)20-36(34(43)39-49(44,45)35(3)15-16-35)19-23(36)11-9-7-6-8-10-12-26(37)33(42)40(27)21-24/h9,11,13-14,18,23-24,26-27H,5-8,10,12,15-17,19-21,37H2,1-4H3,(H,39,43)/b11-9-/t23-,24+,26-,27-,36+/m0/s1. The van der Waals surface area contributed by atoms with Crippen LogP contribution >= 0.6 is 0 Å². The number of Topliss-reactive ketones (excluding diaryl/α,β-unsaturated/α-hetero) is 1. The SMILES string of the molecule is CCOc1cc(O[C@@H]2C[C@H]3C(=O)C[C@]4(C(=O)NS(=O)(=O)C5(C)CC5)C[C@@H]4/C=C\CCCCC[C@H](N)C(=O)N3C2)c2ccc(OC)c(C)c2n1. The van der Waals surface area contributed by atoms with Crippen molar-refractivity contribution in [2.75, 3.05) is 20.3 Å². The van der Waals surface area contributed by atoms with Crippen molar-refractivity contribution in [2.45, 2.75) is 108 Å². The van der Waals surface area contributed by atoms with Crippen LogP contribution in [0.5, 0.6) is 17.4 Å². The van der Waals surface area contributed by atoms with Crippen LogP contribution in [0.2, 0.25) is 0 Å². The monoisotopic (exact) mass is 696 g/mol. The highest BCUT2D eigenvalue weighted by Crippen LogP contribution is 2.57. The van der Waals surface area contributed by atoms with Crippen molar-refractivity contribution in [2.24, 2.45) is 17.1 Å². The Labute approximate surface area is 288 Å². The second-order valence-electron chi connectivity index (χ2n) is 14.3. The van der Waals surface area contributed by atoms with Crippen molar-refractivity contribution in [1.82, 2.24) is 14.6 Å². The number of sulfonamides is 1. The number of aromatic nitrogens is 1. The van der Waals surface area contributed by atoms with Crippen molar-refractivity contribution in [1.29, 1.82) is 0 Å². The van der Waals surface area contributed by atoms with Gasteiger partial charge in [-0.1, -0.05) is 25.0 Å². The van der Waals surface area contributed by atoms with Crippen LogP contribution in [-0.2, 0) is 24.4 Å². The van der Waals surface area contributed by atoms with Gasteiger partial charge in [-0.25, -0.2) is 13.4 Å². The number of benzene rings is 1. The minimum atomic E-state index is -3.90. The van der Waals surface area contributed by atoms with Crippen LogP contribution in [0.25, 0.3) is 10.9 Å². The number of hydrogen-bond acceptors (Lipinski definition) is 10. The molecule has 3 fully saturated rings. The molecule has 2 saturated carbocycles. The Morgan fingerprint density at radius 3 is 2.65 bits per heavy atom. The largest absolute Gasteiger partial charge is 0.496 e. The predicted octanol–water partition coefficient (Wildman–Crippen LogP) is 4.11. The zero-order chi connectivity index (χ0) is 35.1. The zero-order valence-electron chi connectivity index (χ0n) is 28.8. The molecule has 0 unspecified atom stereocenters. The van der Waals surface area contributed by atoms with Gasteiger partial charge in [0, 0.05) is 29.9 Å². The third kappa shape index (κ3) is 6.88. The van der Waals surface area contributed by atoms with Gasteiger partial charge in [-0.05, 0) is 77.3 Å². The lowest BCUT2D eigenvalue weighted by molar-refractivity contribution is -0.140. The molecule has 1 aromatic carbocycles. The van der Waals surface area contributed by atoms with E-state index in [1.54, 1.807) is 20.1 Å². The Balaban J connectivity index is 1.30. The number of rotatable bonds is 8. The number of hydrogen-bond donors (Lipinski definition) is 2. The van der Waals surface area contributed by atoms with E-state index in [-0.39, 0.29) is 37.0 Å². The Hall–Kier alpha value is -3.71. The van der Waals surface area contributed by atoms with E-state index in [0.29, 0.717) is 55.2 Å². The molecule has 4 aliphatic rings. The maximum absolute atomic E-state index is 14.3. The summed E-state index contributed by atoms with van der Waals surface area (Å²) in [5.74, 6) is -0.0190. The van der Waals surface area contributed by atoms with Crippen molar-refractivity contribution >= 4 is 38.5 Å². The Bertz CT molecular complexity index is 1770. The molecule has 2 aliphatic heterocycles. The summed E-state index contributed by atoms with van der Waals surface area (Å²) < 4.78 is 45.3. The summed E-state index contributed by atoms with van der Waals surface area (Å²) in [6.07, 6.45) is 8.55. The normalized spacial score (nSPS) is 29.2. The highest BCUT2D eigenvalue weighted by Gasteiger charge is 2.62. The van der Waals surface area contributed by atoms with Crippen LogP contribution in [0.1, 0.15) is 83.6 Å². The van der Waals surface area contributed by atoms with Gasteiger partial charge in [0.1, 0.15) is 17.6 Å². The highest BCUT2D eigenvalue weighted by molar-refractivity contribution is 7.91. The van der Waals surface area contributed by atoms with E-state index >= 15 is 0 Å². The summed E-state index contributed by atoms with van der Waals surface area (Å²) in [6.45, 7) is 5.91. The van der Waals surface area contributed by atoms with E-state index in [2.05, 4.69) is 9.71 Å². The van der Waals surface area contributed by atoms with Crippen LogP contribution in [-0.4, -0.2) is 79.1 Å². The molecule has 3 N–H and O–H groups in total. The summed E-state index contributed by atoms with van der Waals surface area (Å²) in [5, 5.41) is 0.731. The molecule has 1 aromatic heterocycles. The molecule has 5 atom stereocenters. The first-order chi connectivity index (χ1) is 23.3. The molecule has 2 aromatic rings. The number of ketones is 1. The van der Waals surface area contributed by atoms with Crippen LogP contribution < -0.4 is 24.7 Å². The smallest absolute Gasteiger partial charge is 0.240 e. The van der Waals surface area contributed by atoms with Gasteiger partial charge in [-0.2, -0.15) is 0 Å². The average Bonchev–Trinajstić information content (AvgIpc) is 3.94. The summed E-state index contributed by atoms with van der Waals surface area (Å²) in [7, 11) is -2.31. The molecule has 3 heterocycles. The van der Waals surface area contributed by atoms with Crippen molar-refractivity contribution in [3.8, 4) is 17.4 Å². The third-order valence-electron chi connectivity index (χ3n) is 10.8. The number of fused-ring (bicyclic) bond motifs is 3. The summed E-state index contributed by atoms with van der Waals surface area (Å²) in [6, 6.07) is 3.74. The minimum Gasteiger partial charge on any atom is -0.496 e. The molecular weight excluding hydrogens is 648 g/mol. The maximum atomic E-state index is 14.3. The minimum absolute atomic E-state index is 0.126. The van der Waals surface area contributed by atoms with E-state index in [1.165, 1.54) is 4.90 Å². The lowest BCUT2D eigenvalue weighted by atomic mass is 9.91. The van der Waals surface area contributed by atoms with Crippen LogP contribution in [0.3, 0.4) is 0 Å². The number of nitrogens with two attached hydrogens (primary N) is 1. The molecule has 13 heteroatoms. The first-order valence-electron chi connectivity index (χ1n) is 17.4. The van der Waals surface area contributed by atoms with Gasteiger partial charge in [-0.3, -0.25) is 19.1 Å². The number of ether oxygens (including phenoxy) is 3. The van der Waals surface area contributed by atoms with Crippen LogP contribution in [0, 0.1) is 18.3 Å². The van der Waals surface area contributed by atoms with Gasteiger partial charge < -0.3 is 24.8 Å². The second-order valence-corrected chi connectivity index (χ2v) is 16.5. The second kappa shape index (κ2) is 13.5. The fourth-order valence-electron chi connectivity index (χ4n) is 7.26. The zero-order valence-corrected chi connectivity index (χ0v) is 29.6. The summed E-state index contributed by atoms with van der Waals surface area (Å²) in [5.41, 5.74) is 6.70. The molecule has 266 valence electrons. The molecule has 0 bridgehead atoms. The molecular formula is C36H48N4O8S. The van der Waals surface area contributed by atoms with Gasteiger partial charge >= 0.3 is 0 Å². The Kier molecular flexibility index (Phi) is 9.71. The number of methoxy groups -OCH3 is 1. The van der Waals surface area contributed by atoms with Crippen molar-refractivity contribution in [3.63, 3.8) is 0 Å². The molecule has 2 aliphatic carbocycles. The number of allylic oxidation sites excluding steroid dienone is 2. The van der Waals surface area contributed by atoms with Gasteiger partial charge in [-0.15, -0.1) is 0 Å². The molecule has 12 nitrogen and oxygen atoms in total. The third-order valence-corrected chi connectivity index (χ3v) is 13.0. The lowest BCUT2D eigenvalue weighted by Crippen LogP contribution is -2.50. The Morgan fingerprint density at radius 2 is 1.94 bits per heavy atom. The first-order valence-corrected chi connectivity index (χ1v) is 18.9. The summed E-state index contributed by atoms with van der Waals surface area (Å²) in [4.78, 5) is 48.1. The number of carbonyl (C=O) groups is 3. The van der Waals surface area contributed by atoms with Crippen LogP contribution in [0.15, 0.2) is 30.4 Å². The fraction of sp³-hybridized carbons (Fsp3) is 0.611. The molecule has 0 radical (unpaired) electrons. The maximum Gasteiger partial charge on any atom is 0.240 e. The number of aryl methyl sites for hydroxylation is 1.